The molecule has 0 spiro atoms. The summed E-state index contributed by atoms with van der Waals surface area (Å²) in [7, 11) is 0. The Bertz CT molecular complexity index is 1630. The van der Waals surface area contributed by atoms with E-state index < -0.39 is 11.5 Å². The smallest absolute Gasteiger partial charge is 0.246 e. The van der Waals surface area contributed by atoms with Gasteiger partial charge in [0, 0.05) is 43.4 Å². The third-order valence-electron chi connectivity index (χ3n) is 8.86. The maximum Gasteiger partial charge on any atom is 0.246 e. The van der Waals surface area contributed by atoms with Crippen molar-refractivity contribution in [3.05, 3.63) is 41.6 Å². The van der Waals surface area contributed by atoms with E-state index in [-0.39, 0.29) is 30.2 Å². The molecule has 0 saturated carbocycles. The molecule has 2 fully saturated rings. The second kappa shape index (κ2) is 11.0. The van der Waals surface area contributed by atoms with Gasteiger partial charge < -0.3 is 15.1 Å². The maximum atomic E-state index is 13.9. The summed E-state index contributed by atoms with van der Waals surface area (Å²) in [4.78, 5) is 52.6. The van der Waals surface area contributed by atoms with Gasteiger partial charge in [0.2, 0.25) is 11.8 Å². The number of Topliss-reactive ketones (excluding diaryl/α,β-unsaturated/α-hetero) is 1. The zero-order valence-corrected chi connectivity index (χ0v) is 24.7. The van der Waals surface area contributed by atoms with Crippen molar-refractivity contribution in [2.45, 2.75) is 72.0 Å². The first-order valence-corrected chi connectivity index (χ1v) is 14.8. The molecule has 10 nitrogen and oxygen atoms in total. The van der Waals surface area contributed by atoms with Crippen LogP contribution in [0.15, 0.2) is 24.5 Å². The van der Waals surface area contributed by atoms with Gasteiger partial charge >= 0.3 is 0 Å². The molecule has 3 aliphatic rings. The summed E-state index contributed by atoms with van der Waals surface area (Å²) in [5, 5.41) is 8.36. The lowest BCUT2D eigenvalue weighted by atomic mass is 9.76. The van der Waals surface area contributed by atoms with E-state index in [1.165, 1.54) is 26.2 Å². The number of ketones is 1. The Morgan fingerprint density at radius 2 is 1.81 bits per heavy atom. The van der Waals surface area contributed by atoms with Gasteiger partial charge in [0.05, 0.1) is 10.9 Å². The van der Waals surface area contributed by atoms with Gasteiger partial charge in [-0.25, -0.2) is 9.97 Å². The van der Waals surface area contributed by atoms with Crippen molar-refractivity contribution in [1.82, 2.24) is 34.9 Å². The quantitative estimate of drug-likeness (QED) is 0.329. The van der Waals surface area contributed by atoms with Gasteiger partial charge in [-0.15, -0.1) is 0 Å². The molecule has 218 valence electrons. The zero-order chi connectivity index (χ0) is 29.6. The molecule has 2 amide bonds. The van der Waals surface area contributed by atoms with Gasteiger partial charge in [-0.05, 0) is 76.4 Å². The minimum absolute atomic E-state index is 0.0938. The number of carbonyl (C=O) groups excluding carboxylic acids is 3. The van der Waals surface area contributed by atoms with Gasteiger partial charge in [0.25, 0.3) is 0 Å². The molecule has 2 aromatic heterocycles. The van der Waals surface area contributed by atoms with Crippen molar-refractivity contribution in [3.8, 4) is 23.0 Å². The molecule has 6 rings (SSSR count). The zero-order valence-electron chi connectivity index (χ0n) is 24.7. The molecule has 2 saturated heterocycles. The first-order valence-electron chi connectivity index (χ1n) is 14.8. The van der Waals surface area contributed by atoms with E-state index in [0.717, 1.165) is 41.8 Å². The number of fused-ring (bicyclic) bond motifs is 2. The molecule has 2 aliphatic heterocycles. The predicted molar refractivity (Wildman–Crippen MR) is 158 cm³/mol. The van der Waals surface area contributed by atoms with Gasteiger partial charge in [-0.3, -0.25) is 19.1 Å². The van der Waals surface area contributed by atoms with Crippen LogP contribution in [0.25, 0.3) is 22.0 Å². The number of amides is 2. The maximum absolute atomic E-state index is 13.9. The van der Waals surface area contributed by atoms with E-state index >= 15 is 0 Å². The average molecular weight is 568 g/mol. The van der Waals surface area contributed by atoms with Crippen LogP contribution < -0.4 is 5.32 Å². The Balaban J connectivity index is 1.25. The molecule has 10 heteroatoms. The number of nitrogens with one attached hydrogen (secondary N) is 1. The van der Waals surface area contributed by atoms with Crippen molar-refractivity contribution >= 4 is 28.5 Å². The molecule has 0 unspecified atom stereocenters. The van der Waals surface area contributed by atoms with Crippen LogP contribution in [0, 0.1) is 31.1 Å². The third-order valence-corrected chi connectivity index (χ3v) is 8.86. The predicted octanol–water partition coefficient (Wildman–Crippen LogP) is 2.91. The van der Waals surface area contributed by atoms with Crippen molar-refractivity contribution < 1.29 is 14.4 Å². The third kappa shape index (κ3) is 5.07. The number of likely N-dealkylation sites (tertiary alicyclic amines) is 2. The lowest BCUT2D eigenvalue weighted by Gasteiger charge is -2.34. The summed E-state index contributed by atoms with van der Waals surface area (Å²) in [5.41, 5.74) is 3.19. The van der Waals surface area contributed by atoms with Crippen molar-refractivity contribution in [3.63, 3.8) is 0 Å². The normalized spacial score (nSPS) is 23.2. The van der Waals surface area contributed by atoms with Crippen LogP contribution in [0.4, 0.5) is 0 Å². The number of carbonyl (C=O) groups is 3. The number of nitrogens with zero attached hydrogens (tertiary/aromatic N) is 6. The first kappa shape index (κ1) is 28.0. The summed E-state index contributed by atoms with van der Waals surface area (Å²) in [6.45, 7) is 10.7. The number of benzene rings is 1. The molecule has 1 aromatic carbocycles. The van der Waals surface area contributed by atoms with Crippen LogP contribution >= 0.6 is 0 Å². The monoisotopic (exact) mass is 567 g/mol. The summed E-state index contributed by atoms with van der Waals surface area (Å²) < 4.78 is 1.60. The fraction of sp³-hybridized carbons (Fsp3) is 0.500. The van der Waals surface area contributed by atoms with E-state index in [0.29, 0.717) is 29.9 Å². The Labute approximate surface area is 245 Å². The highest BCUT2D eigenvalue weighted by Crippen LogP contribution is 2.44. The van der Waals surface area contributed by atoms with Gasteiger partial charge in [-0.1, -0.05) is 18.3 Å². The number of aromatic nitrogens is 4. The lowest BCUT2D eigenvalue weighted by molar-refractivity contribution is -0.140. The van der Waals surface area contributed by atoms with Gasteiger partial charge in [0.1, 0.15) is 30.1 Å². The number of aryl methyl sites for hydroxylation is 2. The van der Waals surface area contributed by atoms with Crippen LogP contribution in [-0.4, -0.2) is 85.4 Å². The fourth-order valence-corrected chi connectivity index (χ4v) is 6.60. The molecule has 0 radical (unpaired) electrons. The molecule has 42 heavy (non-hydrogen) atoms. The highest BCUT2D eigenvalue weighted by Gasteiger charge is 2.55. The second-order valence-corrected chi connectivity index (χ2v) is 12.1. The molecule has 1 N–H and O–H groups in total. The summed E-state index contributed by atoms with van der Waals surface area (Å²) >= 11 is 0. The number of hydrogen-bond donors (Lipinski definition) is 1. The van der Waals surface area contributed by atoms with E-state index in [1.807, 2.05) is 32.9 Å². The van der Waals surface area contributed by atoms with Crippen LogP contribution in [0.5, 0.6) is 0 Å². The first-order chi connectivity index (χ1) is 20.1. The van der Waals surface area contributed by atoms with E-state index in [2.05, 4.69) is 37.1 Å². The van der Waals surface area contributed by atoms with Crippen LogP contribution in [0.2, 0.25) is 0 Å². The molecule has 0 bridgehead atoms. The highest BCUT2D eigenvalue weighted by molar-refractivity contribution is 6.07. The molecular formula is C32H37N7O3. The average Bonchev–Trinajstić information content (AvgIpc) is 3.42. The Hall–Kier alpha value is -4.10. The van der Waals surface area contributed by atoms with Crippen molar-refractivity contribution in [2.24, 2.45) is 5.41 Å². The highest BCUT2D eigenvalue weighted by atomic mass is 16.2. The minimum atomic E-state index is -0.611. The van der Waals surface area contributed by atoms with Gasteiger partial charge in [-0.2, -0.15) is 5.10 Å². The summed E-state index contributed by atoms with van der Waals surface area (Å²) in [5.74, 6) is 6.44. The van der Waals surface area contributed by atoms with Crippen LogP contribution in [0.1, 0.15) is 61.4 Å². The van der Waals surface area contributed by atoms with Crippen molar-refractivity contribution in [2.75, 3.05) is 26.2 Å². The van der Waals surface area contributed by atoms with Gasteiger partial charge in [0.15, 0.2) is 5.78 Å². The number of piperidine rings is 1. The summed E-state index contributed by atoms with van der Waals surface area (Å²) in [6, 6.07) is 2.97. The lowest BCUT2D eigenvalue weighted by Crippen LogP contribution is -2.52. The van der Waals surface area contributed by atoms with E-state index in [9.17, 15) is 14.4 Å². The summed E-state index contributed by atoms with van der Waals surface area (Å²) in [6.07, 6.45) is 7.68. The molecule has 1 aliphatic carbocycles. The Kier molecular flexibility index (Phi) is 7.31. The fourth-order valence-electron chi connectivity index (χ4n) is 6.60. The second-order valence-electron chi connectivity index (χ2n) is 12.1. The van der Waals surface area contributed by atoms with E-state index in [4.69, 9.17) is 0 Å². The largest absolute Gasteiger partial charge is 0.353 e. The minimum Gasteiger partial charge on any atom is -0.353 e. The van der Waals surface area contributed by atoms with Crippen molar-refractivity contribution in [1.29, 1.82) is 0 Å². The van der Waals surface area contributed by atoms with E-state index in [1.54, 1.807) is 22.0 Å². The molecule has 3 atom stereocenters. The Morgan fingerprint density at radius 3 is 2.48 bits per heavy atom. The number of hydrogen-bond acceptors (Lipinski definition) is 7. The molecule has 4 heterocycles. The van der Waals surface area contributed by atoms with Crippen LogP contribution in [0.3, 0.4) is 0 Å². The molecular weight excluding hydrogens is 530 g/mol. The topological polar surface area (TPSA) is 113 Å². The van der Waals surface area contributed by atoms with Crippen LogP contribution in [-0.2, 0) is 16.1 Å². The Morgan fingerprint density at radius 1 is 1.07 bits per heavy atom. The standard InChI is InChI=1S/C32H37N7O3/c1-20-14-23(24-17-34-22(3)35-18-24)15-25-29(21(2)40)36-38(30(20)25)19-28(41)39-26(16-32(4)9-8-27(32)39)31(42)33-10-13-37-11-6-5-7-12-37/h14-15,17-18,26-27H,5-7,10-13,16,19H2,1-4H3,(H,33,42)/t26-,27+,32+/m0/s1. The SMILES string of the molecule is CC(=O)c1nn(CC(=O)N2[C@H](C(=O)NCCN3CCCCC3)C[C@@]3(C)C#C[C@@H]23)c2c(C)cc(-c3cnc(C)nc3)cc12. The molecule has 3 aromatic rings. The number of rotatable bonds is 8.